The lowest BCUT2D eigenvalue weighted by Gasteiger charge is -2.24. The van der Waals surface area contributed by atoms with E-state index in [-0.39, 0.29) is 11.4 Å². The van der Waals surface area contributed by atoms with E-state index < -0.39 is 9.85 Å². The Kier molecular flexibility index (Phi) is 4.07. The molecule has 0 radical (unpaired) electrons. The van der Waals surface area contributed by atoms with Gasteiger partial charge in [0.05, 0.1) is 15.9 Å². The minimum atomic E-state index is -0.641. The molecule has 0 spiro atoms. The lowest BCUT2D eigenvalue weighted by atomic mass is 10.0. The molecule has 2 aromatic carbocycles. The maximum Gasteiger partial charge on any atom is 0.299 e. The van der Waals surface area contributed by atoms with Gasteiger partial charge >= 0.3 is 0 Å². The van der Waals surface area contributed by atoms with Crippen molar-refractivity contribution in [1.82, 2.24) is 0 Å². The van der Waals surface area contributed by atoms with Crippen LogP contribution in [0.15, 0.2) is 66.9 Å². The van der Waals surface area contributed by atoms with Gasteiger partial charge in [0.1, 0.15) is 5.69 Å². The molecule has 2 aromatic rings. The van der Waals surface area contributed by atoms with Gasteiger partial charge in [-0.15, -0.1) is 0 Å². The molecule has 0 saturated heterocycles. The molecule has 1 aliphatic heterocycles. The van der Waals surface area contributed by atoms with Crippen LogP contribution in [-0.4, -0.2) is 16.4 Å². The second-order valence-electron chi connectivity index (χ2n) is 5.21. The molecule has 0 aliphatic carbocycles. The third kappa shape index (κ3) is 3.00. The van der Waals surface area contributed by atoms with Crippen molar-refractivity contribution in [3.05, 3.63) is 92.7 Å². The van der Waals surface area contributed by atoms with E-state index in [9.17, 15) is 20.2 Å². The Bertz CT molecular complexity index is 859. The second-order valence-corrected chi connectivity index (χ2v) is 5.21. The molecule has 0 atom stereocenters. The van der Waals surface area contributed by atoms with E-state index in [2.05, 4.69) is 0 Å². The predicted octanol–water partition coefficient (Wildman–Crippen LogP) is 3.92. The quantitative estimate of drug-likeness (QED) is 0.628. The molecular formula is C17H13N3O4. The maximum absolute atomic E-state index is 11.3. The van der Waals surface area contributed by atoms with Gasteiger partial charge in [-0.3, -0.25) is 20.2 Å². The van der Waals surface area contributed by atoms with Crippen LogP contribution in [0.3, 0.4) is 0 Å². The topological polar surface area (TPSA) is 89.5 Å². The summed E-state index contributed by atoms with van der Waals surface area (Å²) < 4.78 is 0. The third-order valence-electron chi connectivity index (χ3n) is 3.72. The molecule has 0 saturated carbocycles. The zero-order valence-electron chi connectivity index (χ0n) is 12.5. The van der Waals surface area contributed by atoms with Crippen molar-refractivity contribution < 1.29 is 9.85 Å². The number of benzene rings is 2. The summed E-state index contributed by atoms with van der Waals surface area (Å²) in [5.41, 5.74) is 1.76. The number of nitro groups is 2. The summed E-state index contributed by atoms with van der Waals surface area (Å²) in [7, 11) is 0. The van der Waals surface area contributed by atoms with Crippen molar-refractivity contribution >= 4 is 22.6 Å². The van der Waals surface area contributed by atoms with Crippen LogP contribution >= 0.6 is 0 Å². The molecule has 7 heteroatoms. The predicted molar refractivity (Wildman–Crippen MR) is 90.7 cm³/mol. The first-order chi connectivity index (χ1) is 11.6. The number of hydrogen-bond donors (Lipinski definition) is 0. The van der Waals surface area contributed by atoms with Gasteiger partial charge in [0.25, 0.3) is 11.4 Å². The van der Waals surface area contributed by atoms with Crippen LogP contribution in [0.25, 0.3) is 5.57 Å². The van der Waals surface area contributed by atoms with E-state index in [1.165, 1.54) is 12.1 Å². The van der Waals surface area contributed by atoms with E-state index >= 15 is 0 Å². The summed E-state index contributed by atoms with van der Waals surface area (Å²) in [4.78, 5) is 22.6. The first-order valence-corrected chi connectivity index (χ1v) is 7.18. The number of allylic oxidation sites excluding steroid dienone is 2. The maximum atomic E-state index is 11.3. The Labute approximate surface area is 137 Å². The molecule has 1 aliphatic rings. The average molecular weight is 323 g/mol. The molecule has 0 fully saturated rings. The van der Waals surface area contributed by atoms with Crippen LogP contribution in [-0.2, 0) is 0 Å². The summed E-state index contributed by atoms with van der Waals surface area (Å²) in [6, 6.07) is 13.4. The molecule has 0 unspecified atom stereocenters. The summed E-state index contributed by atoms with van der Waals surface area (Å²) in [6.45, 7) is 0.444. The molecule has 120 valence electrons. The fourth-order valence-electron chi connectivity index (χ4n) is 2.57. The Hall–Kier alpha value is -3.48. The molecule has 0 aromatic heterocycles. The highest BCUT2D eigenvalue weighted by molar-refractivity contribution is 5.77. The molecule has 7 nitrogen and oxygen atoms in total. The summed E-state index contributed by atoms with van der Waals surface area (Å²) in [5.74, 6) is 0. The van der Waals surface area contributed by atoms with Crippen molar-refractivity contribution in [2.45, 2.75) is 0 Å². The van der Waals surface area contributed by atoms with Crippen molar-refractivity contribution in [3.8, 4) is 0 Å². The van der Waals surface area contributed by atoms with Crippen LogP contribution in [0.1, 0.15) is 5.56 Å². The first-order valence-electron chi connectivity index (χ1n) is 7.18. The molecular weight excluding hydrogens is 310 g/mol. The fourth-order valence-corrected chi connectivity index (χ4v) is 2.57. The van der Waals surface area contributed by atoms with Gasteiger partial charge in [-0.05, 0) is 23.3 Å². The van der Waals surface area contributed by atoms with E-state index in [1.807, 2.05) is 36.4 Å². The molecule has 0 N–H and O–H groups in total. The molecule has 24 heavy (non-hydrogen) atoms. The lowest BCUT2D eigenvalue weighted by molar-refractivity contribution is -0.393. The van der Waals surface area contributed by atoms with Gasteiger partial charge in [-0.25, -0.2) is 0 Å². The standard InChI is InChI=1S/C17H13N3O4/c21-19(22)15-8-9-16(17(11-15)20(23)24)18-10-4-7-14(12-18)13-5-2-1-3-6-13/h1-11H,12H2. The Morgan fingerprint density at radius 2 is 1.71 bits per heavy atom. The number of nitro benzene ring substituents is 2. The minimum absolute atomic E-state index is 0.289. The number of anilines is 1. The number of non-ortho nitro benzene ring substituents is 1. The zero-order valence-corrected chi connectivity index (χ0v) is 12.5. The summed E-state index contributed by atoms with van der Waals surface area (Å²) in [5, 5.41) is 22.2. The van der Waals surface area contributed by atoms with Crippen molar-refractivity contribution in [3.63, 3.8) is 0 Å². The van der Waals surface area contributed by atoms with Crippen molar-refractivity contribution in [2.75, 3.05) is 11.4 Å². The van der Waals surface area contributed by atoms with Gasteiger partial charge < -0.3 is 4.90 Å². The highest BCUT2D eigenvalue weighted by Crippen LogP contribution is 2.34. The Morgan fingerprint density at radius 1 is 0.958 bits per heavy atom. The van der Waals surface area contributed by atoms with Crippen molar-refractivity contribution in [1.29, 1.82) is 0 Å². The largest absolute Gasteiger partial charge is 0.338 e. The molecule has 1 heterocycles. The minimum Gasteiger partial charge on any atom is -0.338 e. The lowest BCUT2D eigenvalue weighted by Crippen LogP contribution is -2.21. The summed E-state index contributed by atoms with van der Waals surface area (Å²) in [6.07, 6.45) is 5.47. The van der Waals surface area contributed by atoms with Crippen LogP contribution in [0.4, 0.5) is 17.1 Å². The van der Waals surface area contributed by atoms with Gasteiger partial charge in [-0.2, -0.15) is 0 Å². The smallest absolute Gasteiger partial charge is 0.299 e. The van der Waals surface area contributed by atoms with Crippen LogP contribution in [0.2, 0.25) is 0 Å². The second kappa shape index (κ2) is 6.33. The molecule has 3 rings (SSSR count). The Balaban J connectivity index is 1.96. The number of rotatable bonds is 4. The van der Waals surface area contributed by atoms with Crippen LogP contribution in [0, 0.1) is 20.2 Å². The van der Waals surface area contributed by atoms with E-state index in [1.54, 1.807) is 17.2 Å². The SMILES string of the molecule is O=[N+]([O-])c1ccc(N2C=CC=C(c3ccccc3)C2)c([N+](=O)[O-])c1. The highest BCUT2D eigenvalue weighted by Gasteiger charge is 2.24. The third-order valence-corrected chi connectivity index (χ3v) is 3.72. The first kappa shape index (κ1) is 15.4. The van der Waals surface area contributed by atoms with Crippen molar-refractivity contribution in [2.24, 2.45) is 0 Å². The van der Waals surface area contributed by atoms with Crippen LogP contribution < -0.4 is 4.90 Å². The van der Waals surface area contributed by atoms with Crippen LogP contribution in [0.5, 0.6) is 0 Å². The van der Waals surface area contributed by atoms with Gasteiger partial charge in [-0.1, -0.05) is 36.4 Å². The highest BCUT2D eigenvalue weighted by atomic mass is 16.6. The zero-order chi connectivity index (χ0) is 17.1. The monoisotopic (exact) mass is 323 g/mol. The van der Waals surface area contributed by atoms with Gasteiger partial charge in [0.2, 0.25) is 0 Å². The molecule has 0 amide bonds. The number of nitrogens with zero attached hydrogens (tertiary/aromatic N) is 3. The Morgan fingerprint density at radius 3 is 2.38 bits per heavy atom. The number of hydrogen-bond acceptors (Lipinski definition) is 5. The fraction of sp³-hybridized carbons (Fsp3) is 0.0588. The molecule has 0 bridgehead atoms. The van der Waals surface area contributed by atoms with E-state index in [4.69, 9.17) is 0 Å². The van der Waals surface area contributed by atoms with E-state index in [0.29, 0.717) is 12.2 Å². The van der Waals surface area contributed by atoms with E-state index in [0.717, 1.165) is 17.2 Å². The normalized spacial score (nSPS) is 13.5. The summed E-state index contributed by atoms with van der Waals surface area (Å²) >= 11 is 0. The average Bonchev–Trinajstić information content (AvgIpc) is 2.62. The van der Waals surface area contributed by atoms with Gasteiger partial charge in [0.15, 0.2) is 0 Å². The van der Waals surface area contributed by atoms with Gasteiger partial charge in [0, 0.05) is 18.8 Å².